The second kappa shape index (κ2) is 6.63. The first-order valence-corrected chi connectivity index (χ1v) is 6.66. The highest BCUT2D eigenvalue weighted by molar-refractivity contribution is 6.54. The molecular formula is C9H23NOSi. The molecule has 2 nitrogen and oxygen atoms in total. The van der Waals surface area contributed by atoms with Crippen LogP contribution < -0.4 is 5.32 Å². The molecule has 0 aliphatic rings. The topological polar surface area (TPSA) is 21.3 Å². The van der Waals surface area contributed by atoms with Gasteiger partial charge in [0.2, 0.25) is 0 Å². The lowest BCUT2D eigenvalue weighted by Crippen LogP contribution is -2.28. The Kier molecular flexibility index (Phi) is 6.71. The van der Waals surface area contributed by atoms with Crippen molar-refractivity contribution >= 4 is 9.04 Å². The van der Waals surface area contributed by atoms with Crippen LogP contribution in [0, 0.1) is 0 Å². The Morgan fingerprint density at radius 2 is 1.67 bits per heavy atom. The van der Waals surface area contributed by atoms with E-state index in [1.54, 1.807) is 0 Å². The number of hydrogen-bond donors (Lipinski definition) is 1. The Balaban J connectivity index is 3.64. The van der Waals surface area contributed by atoms with Crippen molar-refractivity contribution in [1.29, 1.82) is 0 Å². The zero-order chi connectivity index (χ0) is 9.56. The lowest BCUT2D eigenvalue weighted by Gasteiger charge is -2.23. The molecule has 0 saturated heterocycles. The molecule has 0 aromatic rings. The highest BCUT2D eigenvalue weighted by atomic mass is 28.3. The number of nitrogens with one attached hydrogen (secondary N) is 1. The van der Waals surface area contributed by atoms with Gasteiger partial charge >= 0.3 is 0 Å². The second-order valence-electron chi connectivity index (χ2n) is 3.93. The summed E-state index contributed by atoms with van der Waals surface area (Å²) in [7, 11) is 1.01. The molecule has 0 aliphatic heterocycles. The van der Waals surface area contributed by atoms with Crippen LogP contribution in [0.5, 0.6) is 0 Å². The number of hydrogen-bond acceptors (Lipinski definition) is 2. The summed E-state index contributed by atoms with van der Waals surface area (Å²) in [6.07, 6.45) is 0. The van der Waals surface area contributed by atoms with E-state index in [2.05, 4.69) is 33.0 Å². The molecule has 0 saturated carbocycles. The zero-order valence-electron chi connectivity index (χ0n) is 9.05. The van der Waals surface area contributed by atoms with Gasteiger partial charge in [-0.2, -0.15) is 0 Å². The molecule has 0 fully saturated rings. The molecule has 74 valence electrons. The molecule has 0 heterocycles. The highest BCUT2D eigenvalue weighted by Gasteiger charge is 2.20. The molecular weight excluding hydrogens is 166 g/mol. The van der Waals surface area contributed by atoms with E-state index in [4.69, 9.17) is 4.43 Å². The van der Waals surface area contributed by atoms with E-state index in [9.17, 15) is 0 Å². The van der Waals surface area contributed by atoms with Gasteiger partial charge in [0.05, 0.1) is 0 Å². The Morgan fingerprint density at radius 1 is 1.17 bits per heavy atom. The van der Waals surface area contributed by atoms with Crippen LogP contribution in [-0.4, -0.2) is 29.2 Å². The Labute approximate surface area is 78.4 Å². The molecule has 0 unspecified atom stereocenters. The molecule has 0 rings (SSSR count). The van der Waals surface area contributed by atoms with Gasteiger partial charge in [0, 0.05) is 13.2 Å². The minimum absolute atomic E-state index is 0.752. The maximum Gasteiger partial charge on any atom is 0.182 e. The van der Waals surface area contributed by atoms with E-state index in [0.717, 1.165) is 24.2 Å². The van der Waals surface area contributed by atoms with Gasteiger partial charge in [-0.1, -0.05) is 27.7 Å². The maximum absolute atomic E-state index is 5.88. The molecule has 0 aliphatic carbocycles. The molecule has 0 aromatic carbocycles. The predicted molar refractivity (Wildman–Crippen MR) is 57.2 cm³/mol. The summed E-state index contributed by atoms with van der Waals surface area (Å²) in [6.45, 7) is 11.0. The van der Waals surface area contributed by atoms with Crippen LogP contribution in [0.15, 0.2) is 0 Å². The predicted octanol–water partition coefficient (Wildman–Crippen LogP) is 1.77. The van der Waals surface area contributed by atoms with Crippen molar-refractivity contribution in [2.24, 2.45) is 0 Å². The third kappa shape index (κ3) is 4.90. The Hall–Kier alpha value is 0.137. The largest absolute Gasteiger partial charge is 0.418 e. The van der Waals surface area contributed by atoms with Crippen molar-refractivity contribution < 1.29 is 4.43 Å². The van der Waals surface area contributed by atoms with E-state index >= 15 is 0 Å². The summed E-state index contributed by atoms with van der Waals surface area (Å²) in [6, 6.07) is 0. The Morgan fingerprint density at radius 3 is 2.00 bits per heavy atom. The Bertz CT molecular complexity index is 98.7. The van der Waals surface area contributed by atoms with Crippen molar-refractivity contribution in [3.05, 3.63) is 0 Å². The molecule has 0 radical (unpaired) electrons. The van der Waals surface area contributed by atoms with E-state index in [0.29, 0.717) is 0 Å². The molecule has 0 spiro atoms. The summed E-state index contributed by atoms with van der Waals surface area (Å²) >= 11 is 0. The molecule has 1 N–H and O–H groups in total. The fraction of sp³-hybridized carbons (Fsp3) is 1.00. The van der Waals surface area contributed by atoms with Crippen molar-refractivity contribution in [3.63, 3.8) is 0 Å². The lowest BCUT2D eigenvalue weighted by atomic mass is 10.5. The zero-order valence-corrected chi connectivity index (χ0v) is 10.2. The van der Waals surface area contributed by atoms with Crippen molar-refractivity contribution in [2.45, 2.75) is 38.8 Å². The van der Waals surface area contributed by atoms with Gasteiger partial charge in [-0.3, -0.25) is 0 Å². The summed E-state index contributed by atoms with van der Waals surface area (Å²) in [5.41, 5.74) is 1.50. The minimum atomic E-state index is -0.952. The molecule has 3 heteroatoms. The van der Waals surface area contributed by atoms with Crippen LogP contribution in [-0.2, 0) is 4.43 Å². The molecule has 0 aromatic heterocycles. The average molecular weight is 189 g/mol. The minimum Gasteiger partial charge on any atom is -0.418 e. The van der Waals surface area contributed by atoms with E-state index < -0.39 is 9.04 Å². The van der Waals surface area contributed by atoms with Gasteiger partial charge in [0.1, 0.15) is 0 Å². The highest BCUT2D eigenvalue weighted by Crippen LogP contribution is 2.20. The van der Waals surface area contributed by atoms with Gasteiger partial charge in [0.25, 0.3) is 0 Å². The van der Waals surface area contributed by atoms with Crippen LogP contribution >= 0.6 is 0 Å². The summed E-state index contributed by atoms with van der Waals surface area (Å²) in [5, 5.41) is 3.10. The molecule has 12 heavy (non-hydrogen) atoms. The normalized spacial score (nSPS) is 12.0. The van der Waals surface area contributed by atoms with Crippen LogP contribution in [0.4, 0.5) is 0 Å². The fourth-order valence-corrected chi connectivity index (χ4v) is 4.15. The molecule has 0 amide bonds. The third-order valence-electron chi connectivity index (χ3n) is 1.98. The molecule has 0 atom stereocenters. The first-order chi connectivity index (χ1) is 5.59. The van der Waals surface area contributed by atoms with Gasteiger partial charge in [0.15, 0.2) is 9.04 Å². The van der Waals surface area contributed by atoms with Crippen LogP contribution in [0.2, 0.25) is 11.1 Å². The van der Waals surface area contributed by atoms with Gasteiger partial charge in [-0.25, -0.2) is 0 Å². The summed E-state index contributed by atoms with van der Waals surface area (Å²) < 4.78 is 5.88. The maximum atomic E-state index is 5.88. The van der Waals surface area contributed by atoms with E-state index in [-0.39, 0.29) is 0 Å². The van der Waals surface area contributed by atoms with E-state index in [1.165, 1.54) is 0 Å². The monoisotopic (exact) mass is 189 g/mol. The van der Waals surface area contributed by atoms with Crippen LogP contribution in [0.25, 0.3) is 0 Å². The van der Waals surface area contributed by atoms with Crippen molar-refractivity contribution in [2.75, 3.05) is 20.2 Å². The van der Waals surface area contributed by atoms with Gasteiger partial charge in [-0.15, -0.1) is 0 Å². The second-order valence-corrected chi connectivity index (χ2v) is 7.86. The van der Waals surface area contributed by atoms with Crippen LogP contribution in [0.1, 0.15) is 27.7 Å². The third-order valence-corrected chi connectivity index (χ3v) is 5.23. The van der Waals surface area contributed by atoms with Crippen LogP contribution in [0.3, 0.4) is 0 Å². The molecule has 0 bridgehead atoms. The quantitative estimate of drug-likeness (QED) is 0.508. The van der Waals surface area contributed by atoms with Crippen molar-refractivity contribution in [3.8, 4) is 0 Å². The first kappa shape index (κ1) is 12.1. The summed E-state index contributed by atoms with van der Waals surface area (Å²) in [4.78, 5) is 0. The van der Waals surface area contributed by atoms with Gasteiger partial charge in [-0.05, 0) is 18.1 Å². The first-order valence-electron chi connectivity index (χ1n) is 4.85. The van der Waals surface area contributed by atoms with Gasteiger partial charge < -0.3 is 9.74 Å². The standard InChI is InChI=1S/C9H23NOSi/c1-8(2)12(9(3)4)11-7-6-10-5/h8-10,12H,6-7H2,1-5H3. The van der Waals surface area contributed by atoms with Crippen molar-refractivity contribution in [1.82, 2.24) is 5.32 Å². The van der Waals surface area contributed by atoms with E-state index in [1.807, 2.05) is 7.05 Å². The lowest BCUT2D eigenvalue weighted by molar-refractivity contribution is 0.308. The SMILES string of the molecule is CNCCO[SiH](C(C)C)C(C)C. The number of likely N-dealkylation sites (N-methyl/N-ethyl adjacent to an activating group) is 1. The number of rotatable bonds is 6. The average Bonchev–Trinajstić information content (AvgIpc) is 1.96. The smallest absolute Gasteiger partial charge is 0.182 e. The summed E-state index contributed by atoms with van der Waals surface area (Å²) in [5.74, 6) is 0. The fourth-order valence-electron chi connectivity index (χ4n) is 1.45.